The maximum Gasteiger partial charge on any atom is 0.417 e. The van der Waals surface area contributed by atoms with Crippen LogP contribution in [0.5, 0.6) is 0 Å². The number of carbonyl (C=O) groups excluding carboxylic acids is 1. The van der Waals surface area contributed by atoms with Crippen LogP contribution in [0.1, 0.15) is 36.9 Å². The molecule has 0 saturated carbocycles. The van der Waals surface area contributed by atoms with Crippen LogP contribution in [0.15, 0.2) is 71.6 Å². The first-order valence-corrected chi connectivity index (χ1v) is 12.5. The van der Waals surface area contributed by atoms with Crippen LogP contribution in [0.2, 0.25) is 0 Å². The lowest BCUT2D eigenvalue weighted by Gasteiger charge is -2.31. The molecular formula is C25H25F3N2O3S. The summed E-state index contributed by atoms with van der Waals surface area (Å²) in [6.07, 6.45) is -4.30. The van der Waals surface area contributed by atoms with E-state index in [-0.39, 0.29) is 37.9 Å². The smallest absolute Gasteiger partial charge is 0.349 e. The maximum absolute atomic E-state index is 13.3. The van der Waals surface area contributed by atoms with E-state index in [2.05, 4.69) is 5.32 Å². The van der Waals surface area contributed by atoms with Crippen LogP contribution in [0.4, 0.5) is 13.2 Å². The van der Waals surface area contributed by atoms with Gasteiger partial charge in [-0.05, 0) is 54.3 Å². The minimum Gasteiger partial charge on any atom is -0.349 e. The van der Waals surface area contributed by atoms with Crippen LogP contribution in [-0.4, -0.2) is 31.7 Å². The molecule has 1 heterocycles. The molecule has 1 fully saturated rings. The molecule has 180 valence electrons. The lowest BCUT2D eigenvalue weighted by Crippen LogP contribution is -2.43. The van der Waals surface area contributed by atoms with E-state index in [1.54, 1.807) is 0 Å². The SMILES string of the molecule is C[C@@H](NC(=O)C1CCN(S(=O)(=O)c2ccccc2C(F)(F)F)CC1)c1ccc2ccccc2c1. The summed E-state index contributed by atoms with van der Waals surface area (Å²) >= 11 is 0. The molecule has 1 saturated heterocycles. The first kappa shape index (κ1) is 24.2. The molecule has 34 heavy (non-hydrogen) atoms. The summed E-state index contributed by atoms with van der Waals surface area (Å²) in [5.41, 5.74) is -0.227. The van der Waals surface area contributed by atoms with E-state index in [0.717, 1.165) is 38.8 Å². The van der Waals surface area contributed by atoms with E-state index in [1.807, 2.05) is 49.4 Å². The summed E-state index contributed by atoms with van der Waals surface area (Å²) in [5, 5.41) is 5.16. The number of sulfonamides is 1. The average Bonchev–Trinajstić information content (AvgIpc) is 2.83. The first-order chi connectivity index (χ1) is 16.1. The topological polar surface area (TPSA) is 66.5 Å². The quantitative estimate of drug-likeness (QED) is 0.539. The number of fused-ring (bicyclic) bond motifs is 1. The van der Waals surface area contributed by atoms with E-state index >= 15 is 0 Å². The van der Waals surface area contributed by atoms with Crippen molar-refractivity contribution >= 4 is 26.7 Å². The summed E-state index contributed by atoms with van der Waals surface area (Å²) in [6, 6.07) is 17.8. The summed E-state index contributed by atoms with van der Waals surface area (Å²) in [7, 11) is -4.33. The average molecular weight is 491 g/mol. The van der Waals surface area contributed by atoms with Gasteiger partial charge in [0.1, 0.15) is 0 Å². The summed E-state index contributed by atoms with van der Waals surface area (Å²) in [4.78, 5) is 12.1. The highest BCUT2D eigenvalue weighted by Crippen LogP contribution is 2.36. The third-order valence-corrected chi connectivity index (χ3v) is 8.22. The molecule has 9 heteroatoms. The second-order valence-electron chi connectivity index (χ2n) is 8.51. The Morgan fingerprint density at radius 1 is 0.971 bits per heavy atom. The predicted octanol–water partition coefficient (Wildman–Crippen LogP) is 5.14. The Bertz CT molecular complexity index is 1300. The van der Waals surface area contributed by atoms with Gasteiger partial charge in [-0.2, -0.15) is 17.5 Å². The second kappa shape index (κ2) is 9.38. The molecule has 3 aromatic rings. The number of rotatable bonds is 5. The van der Waals surface area contributed by atoms with Gasteiger partial charge < -0.3 is 5.32 Å². The van der Waals surface area contributed by atoms with E-state index in [1.165, 1.54) is 6.07 Å². The van der Waals surface area contributed by atoms with Gasteiger partial charge in [-0.15, -0.1) is 0 Å². The Labute approximate surface area is 196 Å². The highest BCUT2D eigenvalue weighted by atomic mass is 32.2. The van der Waals surface area contributed by atoms with Gasteiger partial charge in [-0.3, -0.25) is 4.79 Å². The molecule has 1 amide bonds. The van der Waals surface area contributed by atoms with Crippen LogP contribution >= 0.6 is 0 Å². The number of alkyl halides is 3. The van der Waals surface area contributed by atoms with Gasteiger partial charge in [0.25, 0.3) is 0 Å². The van der Waals surface area contributed by atoms with Crippen molar-refractivity contribution in [2.45, 2.75) is 36.9 Å². The molecule has 0 bridgehead atoms. The Balaban J connectivity index is 1.41. The van der Waals surface area contributed by atoms with Gasteiger partial charge in [0, 0.05) is 19.0 Å². The molecule has 3 aromatic carbocycles. The lowest BCUT2D eigenvalue weighted by atomic mass is 9.96. The number of amides is 1. The summed E-state index contributed by atoms with van der Waals surface area (Å²) in [6.45, 7) is 1.85. The van der Waals surface area contributed by atoms with Crippen molar-refractivity contribution in [3.8, 4) is 0 Å². The molecule has 0 spiro atoms. The zero-order valence-electron chi connectivity index (χ0n) is 18.5. The standard InChI is InChI=1S/C25H25F3N2O3S/c1-17(20-11-10-18-6-2-3-7-21(18)16-20)29-24(31)19-12-14-30(15-13-19)34(32,33)23-9-5-4-8-22(23)25(26,27)28/h2-11,16-17,19H,12-15H2,1H3,(H,29,31)/t17-/m1/s1. The number of hydrogen-bond acceptors (Lipinski definition) is 3. The zero-order valence-corrected chi connectivity index (χ0v) is 19.4. The van der Waals surface area contributed by atoms with Crippen LogP contribution in [0.3, 0.4) is 0 Å². The van der Waals surface area contributed by atoms with Crippen molar-refractivity contribution in [3.63, 3.8) is 0 Å². The van der Waals surface area contributed by atoms with Crippen molar-refractivity contribution < 1.29 is 26.4 Å². The molecule has 4 rings (SSSR count). The van der Waals surface area contributed by atoms with Crippen molar-refractivity contribution in [2.75, 3.05) is 13.1 Å². The van der Waals surface area contributed by atoms with Crippen molar-refractivity contribution in [2.24, 2.45) is 5.92 Å². The fourth-order valence-electron chi connectivity index (χ4n) is 4.31. The Hall–Kier alpha value is -2.91. The molecule has 1 N–H and O–H groups in total. The number of nitrogens with zero attached hydrogens (tertiary/aromatic N) is 1. The van der Waals surface area contributed by atoms with Crippen LogP contribution < -0.4 is 5.32 Å². The molecule has 0 radical (unpaired) electrons. The molecule has 0 aliphatic carbocycles. The van der Waals surface area contributed by atoms with Crippen LogP contribution in [0.25, 0.3) is 10.8 Å². The first-order valence-electron chi connectivity index (χ1n) is 11.0. The van der Waals surface area contributed by atoms with E-state index in [4.69, 9.17) is 0 Å². The number of hydrogen-bond donors (Lipinski definition) is 1. The molecular weight excluding hydrogens is 465 g/mol. The van der Waals surface area contributed by atoms with Gasteiger partial charge >= 0.3 is 6.18 Å². The molecule has 1 aliphatic rings. The maximum atomic E-state index is 13.3. The van der Waals surface area contributed by atoms with E-state index in [9.17, 15) is 26.4 Å². The zero-order chi connectivity index (χ0) is 24.5. The molecule has 1 aliphatic heterocycles. The minimum absolute atomic E-state index is 0.0169. The Kier molecular flexibility index (Phi) is 6.69. The highest BCUT2D eigenvalue weighted by Gasteiger charge is 2.40. The van der Waals surface area contributed by atoms with Gasteiger partial charge in [-0.25, -0.2) is 8.42 Å². The molecule has 5 nitrogen and oxygen atoms in total. The van der Waals surface area contributed by atoms with Gasteiger partial charge in [-0.1, -0.05) is 48.5 Å². The number of nitrogens with one attached hydrogen (secondary N) is 1. The third-order valence-electron chi connectivity index (χ3n) is 6.27. The number of benzene rings is 3. The van der Waals surface area contributed by atoms with Gasteiger partial charge in [0.05, 0.1) is 16.5 Å². The Morgan fingerprint density at radius 2 is 1.59 bits per heavy atom. The van der Waals surface area contributed by atoms with Gasteiger partial charge in [0.2, 0.25) is 15.9 Å². The minimum atomic E-state index is -4.78. The predicted molar refractivity (Wildman–Crippen MR) is 123 cm³/mol. The van der Waals surface area contributed by atoms with Crippen LogP contribution in [-0.2, 0) is 21.0 Å². The number of halogens is 3. The van der Waals surface area contributed by atoms with E-state index in [0.29, 0.717) is 0 Å². The monoisotopic (exact) mass is 490 g/mol. The van der Waals surface area contributed by atoms with Crippen LogP contribution in [0, 0.1) is 5.92 Å². The highest BCUT2D eigenvalue weighted by molar-refractivity contribution is 7.89. The normalized spacial score (nSPS) is 16.9. The third kappa shape index (κ3) is 4.95. The molecule has 1 atom stereocenters. The van der Waals surface area contributed by atoms with E-state index < -0.39 is 32.6 Å². The fraction of sp³-hybridized carbons (Fsp3) is 0.320. The lowest BCUT2D eigenvalue weighted by molar-refractivity contribution is -0.139. The number of carbonyl (C=O) groups is 1. The number of piperidine rings is 1. The summed E-state index contributed by atoms with van der Waals surface area (Å²) in [5.74, 6) is -0.597. The molecule has 0 aromatic heterocycles. The van der Waals surface area contributed by atoms with Crippen molar-refractivity contribution in [1.29, 1.82) is 0 Å². The van der Waals surface area contributed by atoms with Crippen molar-refractivity contribution in [3.05, 3.63) is 77.9 Å². The van der Waals surface area contributed by atoms with Gasteiger partial charge in [0.15, 0.2) is 0 Å². The summed E-state index contributed by atoms with van der Waals surface area (Å²) < 4.78 is 66.9. The fourth-order valence-corrected chi connectivity index (χ4v) is 6.00. The second-order valence-corrected chi connectivity index (χ2v) is 10.4. The largest absolute Gasteiger partial charge is 0.417 e. The van der Waals surface area contributed by atoms with Crippen molar-refractivity contribution in [1.82, 2.24) is 9.62 Å². The Morgan fingerprint density at radius 3 is 2.26 bits per heavy atom. The molecule has 0 unspecified atom stereocenters.